The van der Waals surface area contributed by atoms with Gasteiger partial charge in [-0.15, -0.1) is 11.3 Å². The summed E-state index contributed by atoms with van der Waals surface area (Å²) in [6.45, 7) is 8.02. The van der Waals surface area contributed by atoms with Crippen LogP contribution in [-0.2, 0) is 16.1 Å². The maximum atomic E-state index is 12.8. The number of nitrogens with one attached hydrogen (secondary N) is 1. The molecule has 2 amide bonds. The molecule has 1 saturated heterocycles. The van der Waals surface area contributed by atoms with Gasteiger partial charge in [-0.05, 0) is 19.3 Å². The first-order valence-electron chi connectivity index (χ1n) is 6.89. The maximum Gasteiger partial charge on any atom is 0.249 e. The molecule has 2 heterocycles. The Hall–Kier alpha value is -1.43. The van der Waals surface area contributed by atoms with Crippen LogP contribution in [0.1, 0.15) is 39.8 Å². The molecule has 0 radical (unpaired) electrons. The molecule has 0 aliphatic carbocycles. The monoisotopic (exact) mass is 295 g/mol. The fourth-order valence-corrected chi connectivity index (χ4v) is 3.10. The highest BCUT2D eigenvalue weighted by molar-refractivity contribution is 7.07. The third-order valence-corrected chi connectivity index (χ3v) is 4.53. The normalized spacial score (nSPS) is 27.1. The third kappa shape index (κ3) is 2.57. The number of thiazole rings is 1. The molecule has 2 unspecified atom stereocenters. The summed E-state index contributed by atoms with van der Waals surface area (Å²) in [6.07, 6.45) is 0.579. The smallest absolute Gasteiger partial charge is 0.249 e. The van der Waals surface area contributed by atoms with Gasteiger partial charge in [0.05, 0.1) is 17.7 Å². The van der Waals surface area contributed by atoms with E-state index in [9.17, 15) is 9.59 Å². The number of hydrogen-bond acceptors (Lipinski definition) is 4. The van der Waals surface area contributed by atoms with Gasteiger partial charge in [0.25, 0.3) is 0 Å². The molecule has 1 aliphatic rings. The standard InChI is InChI=1S/C14H21N3O2S/c1-5-14(4)13(19)17(6-10-7-20-8-15-10)11(9(2)3)12(18)16-14/h7-9,11H,5-6H2,1-4H3,(H,16,18). The zero-order valence-corrected chi connectivity index (χ0v) is 13.2. The fourth-order valence-electron chi connectivity index (χ4n) is 2.55. The molecule has 1 aromatic rings. The van der Waals surface area contributed by atoms with E-state index in [2.05, 4.69) is 10.3 Å². The summed E-state index contributed by atoms with van der Waals surface area (Å²) in [4.78, 5) is 31.0. The first kappa shape index (κ1) is 15.0. The van der Waals surface area contributed by atoms with Crippen LogP contribution in [0.15, 0.2) is 10.9 Å². The number of nitrogens with zero attached hydrogens (tertiary/aromatic N) is 2. The number of piperazine rings is 1. The van der Waals surface area contributed by atoms with Gasteiger partial charge in [0.2, 0.25) is 11.8 Å². The number of rotatable bonds is 4. The van der Waals surface area contributed by atoms with Crippen LogP contribution in [0.25, 0.3) is 0 Å². The van der Waals surface area contributed by atoms with Crippen molar-refractivity contribution >= 4 is 23.2 Å². The van der Waals surface area contributed by atoms with Gasteiger partial charge in [-0.3, -0.25) is 9.59 Å². The van der Waals surface area contributed by atoms with Crippen molar-refractivity contribution in [3.05, 3.63) is 16.6 Å². The van der Waals surface area contributed by atoms with E-state index in [1.54, 1.807) is 17.3 Å². The number of aromatic nitrogens is 1. The summed E-state index contributed by atoms with van der Waals surface area (Å²) in [7, 11) is 0. The highest BCUT2D eigenvalue weighted by Crippen LogP contribution is 2.26. The lowest BCUT2D eigenvalue weighted by Crippen LogP contribution is -2.69. The van der Waals surface area contributed by atoms with Gasteiger partial charge in [-0.1, -0.05) is 20.8 Å². The van der Waals surface area contributed by atoms with Crippen LogP contribution in [0, 0.1) is 5.92 Å². The van der Waals surface area contributed by atoms with E-state index in [1.165, 1.54) is 11.3 Å². The topological polar surface area (TPSA) is 62.3 Å². The Balaban J connectivity index is 2.34. The minimum atomic E-state index is -0.807. The highest BCUT2D eigenvalue weighted by Gasteiger charge is 2.47. The van der Waals surface area contributed by atoms with Gasteiger partial charge in [0.15, 0.2) is 0 Å². The lowest BCUT2D eigenvalue weighted by molar-refractivity contribution is -0.157. The van der Waals surface area contributed by atoms with Crippen LogP contribution >= 0.6 is 11.3 Å². The zero-order chi connectivity index (χ0) is 14.9. The van der Waals surface area contributed by atoms with Gasteiger partial charge in [0.1, 0.15) is 11.6 Å². The van der Waals surface area contributed by atoms with E-state index in [0.29, 0.717) is 13.0 Å². The van der Waals surface area contributed by atoms with E-state index in [4.69, 9.17) is 0 Å². The molecular weight excluding hydrogens is 274 g/mol. The van der Waals surface area contributed by atoms with Crippen molar-refractivity contribution in [3.63, 3.8) is 0 Å². The predicted molar refractivity (Wildman–Crippen MR) is 78.1 cm³/mol. The lowest BCUT2D eigenvalue weighted by atomic mass is 9.88. The summed E-state index contributed by atoms with van der Waals surface area (Å²) in [5, 5.41) is 4.80. The van der Waals surface area contributed by atoms with Crippen LogP contribution in [0.2, 0.25) is 0 Å². The summed E-state index contributed by atoms with van der Waals surface area (Å²) < 4.78 is 0. The number of hydrogen-bond donors (Lipinski definition) is 1. The minimum Gasteiger partial charge on any atom is -0.340 e. The second kappa shape index (κ2) is 5.52. The third-order valence-electron chi connectivity index (χ3n) is 3.89. The van der Waals surface area contributed by atoms with E-state index in [0.717, 1.165) is 5.69 Å². The molecule has 1 aliphatic heterocycles. The number of amides is 2. The van der Waals surface area contributed by atoms with E-state index >= 15 is 0 Å². The van der Waals surface area contributed by atoms with Gasteiger partial charge in [-0.25, -0.2) is 4.98 Å². The van der Waals surface area contributed by atoms with Crippen LogP contribution in [0.3, 0.4) is 0 Å². The van der Waals surface area contributed by atoms with Crippen molar-refractivity contribution in [2.24, 2.45) is 5.92 Å². The molecule has 1 N–H and O–H groups in total. The molecule has 6 heteroatoms. The molecule has 1 aromatic heterocycles. The molecule has 110 valence electrons. The van der Waals surface area contributed by atoms with Crippen molar-refractivity contribution in [2.45, 2.75) is 52.2 Å². The number of carbonyl (C=O) groups is 2. The largest absolute Gasteiger partial charge is 0.340 e. The summed E-state index contributed by atoms with van der Waals surface area (Å²) in [6, 6.07) is -0.427. The predicted octanol–water partition coefficient (Wildman–Crippen LogP) is 1.79. The first-order chi connectivity index (χ1) is 9.39. The van der Waals surface area contributed by atoms with Gasteiger partial charge < -0.3 is 10.2 Å². The quantitative estimate of drug-likeness (QED) is 0.921. The van der Waals surface area contributed by atoms with E-state index < -0.39 is 11.6 Å². The van der Waals surface area contributed by atoms with Crippen LogP contribution in [0.5, 0.6) is 0 Å². The molecule has 5 nitrogen and oxygen atoms in total. The summed E-state index contributed by atoms with van der Waals surface area (Å²) >= 11 is 1.50. The Morgan fingerprint density at radius 3 is 2.70 bits per heavy atom. The van der Waals surface area contributed by atoms with Crippen molar-refractivity contribution in [1.82, 2.24) is 15.2 Å². The Bertz CT molecular complexity index is 501. The summed E-state index contributed by atoms with van der Waals surface area (Å²) in [5.74, 6) is -0.0236. The average Bonchev–Trinajstić information content (AvgIpc) is 2.88. The van der Waals surface area contributed by atoms with Gasteiger partial charge >= 0.3 is 0 Å². The molecule has 20 heavy (non-hydrogen) atoms. The maximum absolute atomic E-state index is 12.8. The Labute approximate surface area is 123 Å². The van der Waals surface area contributed by atoms with Crippen LogP contribution in [0.4, 0.5) is 0 Å². The lowest BCUT2D eigenvalue weighted by Gasteiger charge is -2.45. The molecule has 0 aromatic carbocycles. The number of carbonyl (C=O) groups excluding carboxylic acids is 2. The molecule has 2 atom stereocenters. The molecule has 0 saturated carbocycles. The Kier molecular flexibility index (Phi) is 4.13. The van der Waals surface area contributed by atoms with Crippen LogP contribution < -0.4 is 5.32 Å². The van der Waals surface area contributed by atoms with E-state index in [-0.39, 0.29) is 17.7 Å². The zero-order valence-electron chi connectivity index (χ0n) is 12.3. The highest BCUT2D eigenvalue weighted by atomic mass is 32.1. The van der Waals surface area contributed by atoms with Gasteiger partial charge in [-0.2, -0.15) is 0 Å². The fraction of sp³-hybridized carbons (Fsp3) is 0.643. The second-order valence-corrected chi connectivity index (χ2v) is 6.50. The van der Waals surface area contributed by atoms with E-state index in [1.807, 2.05) is 26.2 Å². The van der Waals surface area contributed by atoms with Crippen LogP contribution in [-0.4, -0.2) is 33.3 Å². The Morgan fingerprint density at radius 2 is 2.20 bits per heavy atom. The second-order valence-electron chi connectivity index (χ2n) is 5.78. The first-order valence-corrected chi connectivity index (χ1v) is 7.83. The van der Waals surface area contributed by atoms with Crippen molar-refractivity contribution < 1.29 is 9.59 Å². The average molecular weight is 295 g/mol. The van der Waals surface area contributed by atoms with Crippen molar-refractivity contribution in [1.29, 1.82) is 0 Å². The SMILES string of the molecule is CCC1(C)NC(=O)C(C(C)C)N(Cc2cscn2)C1=O. The molecule has 2 rings (SSSR count). The van der Waals surface area contributed by atoms with Crippen molar-refractivity contribution in [2.75, 3.05) is 0 Å². The molecule has 1 fully saturated rings. The molecule has 0 bridgehead atoms. The van der Waals surface area contributed by atoms with Gasteiger partial charge in [0, 0.05) is 5.38 Å². The minimum absolute atomic E-state index is 0.0219. The molecule has 0 spiro atoms. The Morgan fingerprint density at radius 1 is 1.50 bits per heavy atom. The van der Waals surface area contributed by atoms with Crippen molar-refractivity contribution in [3.8, 4) is 0 Å². The molecular formula is C14H21N3O2S. The summed E-state index contributed by atoms with van der Waals surface area (Å²) in [5.41, 5.74) is 1.77.